The number of aryl methyl sites for hydroxylation is 3. The van der Waals surface area contributed by atoms with Crippen LogP contribution in [0.5, 0.6) is 0 Å². The first-order chi connectivity index (χ1) is 14.5. The minimum absolute atomic E-state index is 0.177. The van der Waals surface area contributed by atoms with Crippen LogP contribution >= 0.6 is 0 Å². The van der Waals surface area contributed by atoms with E-state index in [1.54, 1.807) is 31.3 Å². The summed E-state index contributed by atoms with van der Waals surface area (Å²) in [5.41, 5.74) is 3.15. The summed E-state index contributed by atoms with van der Waals surface area (Å²) in [5, 5.41) is 0.212. The van der Waals surface area contributed by atoms with E-state index in [9.17, 15) is 9.59 Å². The van der Waals surface area contributed by atoms with Gasteiger partial charge in [-0.3, -0.25) is 14.6 Å². The predicted octanol–water partition coefficient (Wildman–Crippen LogP) is 3.38. The summed E-state index contributed by atoms with van der Waals surface area (Å²) < 4.78 is 6.99. The van der Waals surface area contributed by atoms with E-state index in [-0.39, 0.29) is 28.1 Å². The van der Waals surface area contributed by atoms with Crippen molar-refractivity contribution in [2.24, 2.45) is 7.05 Å². The van der Waals surface area contributed by atoms with E-state index in [1.807, 2.05) is 43.3 Å². The molecule has 7 heteroatoms. The summed E-state index contributed by atoms with van der Waals surface area (Å²) in [6.45, 7) is 4.45. The van der Waals surface area contributed by atoms with E-state index in [2.05, 4.69) is 9.97 Å². The second kappa shape index (κ2) is 7.94. The molecule has 0 atom stereocenters. The third-order valence-electron chi connectivity index (χ3n) is 5.17. The third kappa shape index (κ3) is 3.61. The molecule has 3 aromatic heterocycles. The maximum Gasteiger partial charge on any atom is 0.265 e. The van der Waals surface area contributed by atoms with E-state index < -0.39 is 0 Å². The molecular formula is C23H22N4O3. The van der Waals surface area contributed by atoms with E-state index in [4.69, 9.17) is 4.42 Å². The van der Waals surface area contributed by atoms with E-state index in [1.165, 1.54) is 10.9 Å². The van der Waals surface area contributed by atoms with Crippen LogP contribution in [0.15, 0.2) is 64.3 Å². The maximum atomic E-state index is 13.7. The number of benzene rings is 1. The van der Waals surface area contributed by atoms with Crippen LogP contribution in [0.2, 0.25) is 0 Å². The standard InChI is InChI=1S/C23H22N4O3/c1-15-7-4-5-9-18(15)13-27(12-17-8-6-10-24-11-17)23(29)19-16(2)30-21-20(19)22(28)26(3)14-25-21/h4-11,14H,12-13H2,1-3H3. The SMILES string of the molecule is Cc1ccccc1CN(Cc1cccnc1)C(=O)c1c(C)oc2ncn(C)c(=O)c12. The van der Waals surface area contributed by atoms with Crippen LogP contribution < -0.4 is 5.56 Å². The molecule has 0 spiro atoms. The molecule has 0 aliphatic carbocycles. The molecule has 0 fully saturated rings. The Morgan fingerprint density at radius 1 is 1.13 bits per heavy atom. The first-order valence-corrected chi connectivity index (χ1v) is 9.63. The van der Waals surface area contributed by atoms with Gasteiger partial charge in [-0.05, 0) is 36.6 Å². The molecule has 0 radical (unpaired) electrons. The zero-order valence-electron chi connectivity index (χ0n) is 17.1. The van der Waals surface area contributed by atoms with Crippen LogP contribution in [0.25, 0.3) is 11.1 Å². The van der Waals surface area contributed by atoms with Gasteiger partial charge in [0.15, 0.2) is 0 Å². The van der Waals surface area contributed by atoms with Gasteiger partial charge < -0.3 is 13.9 Å². The molecule has 30 heavy (non-hydrogen) atoms. The van der Waals surface area contributed by atoms with Crippen LogP contribution in [0, 0.1) is 13.8 Å². The minimum atomic E-state index is -0.308. The number of carbonyl (C=O) groups is 1. The third-order valence-corrected chi connectivity index (χ3v) is 5.17. The number of pyridine rings is 1. The largest absolute Gasteiger partial charge is 0.442 e. The molecule has 0 saturated carbocycles. The van der Waals surface area contributed by atoms with Crippen LogP contribution in [0.3, 0.4) is 0 Å². The van der Waals surface area contributed by atoms with Crippen LogP contribution in [-0.2, 0) is 20.1 Å². The van der Waals surface area contributed by atoms with Crippen molar-refractivity contribution in [1.29, 1.82) is 0 Å². The fourth-order valence-corrected chi connectivity index (χ4v) is 3.51. The first kappa shape index (κ1) is 19.6. The van der Waals surface area contributed by atoms with E-state index in [0.29, 0.717) is 18.8 Å². The zero-order chi connectivity index (χ0) is 21.3. The smallest absolute Gasteiger partial charge is 0.265 e. The molecule has 0 saturated heterocycles. The quantitative estimate of drug-likeness (QED) is 0.511. The lowest BCUT2D eigenvalue weighted by Gasteiger charge is -2.24. The van der Waals surface area contributed by atoms with Crippen molar-refractivity contribution in [1.82, 2.24) is 19.4 Å². The monoisotopic (exact) mass is 402 g/mol. The molecule has 0 N–H and O–H groups in total. The van der Waals surface area contributed by atoms with Gasteiger partial charge in [0.2, 0.25) is 5.71 Å². The van der Waals surface area contributed by atoms with Crippen LogP contribution in [0.4, 0.5) is 0 Å². The number of furan rings is 1. The second-order valence-corrected chi connectivity index (χ2v) is 7.32. The fraction of sp³-hybridized carbons (Fsp3) is 0.217. The van der Waals surface area contributed by atoms with Crippen molar-refractivity contribution in [3.8, 4) is 0 Å². The normalized spacial score (nSPS) is 11.0. The molecule has 4 rings (SSSR count). The highest BCUT2D eigenvalue weighted by Crippen LogP contribution is 2.24. The summed E-state index contributed by atoms with van der Waals surface area (Å²) >= 11 is 0. The Kier molecular flexibility index (Phi) is 5.18. The van der Waals surface area contributed by atoms with Gasteiger partial charge in [-0.25, -0.2) is 4.98 Å². The van der Waals surface area contributed by atoms with Gasteiger partial charge in [-0.2, -0.15) is 0 Å². The topological polar surface area (TPSA) is 81.2 Å². The number of amides is 1. The average molecular weight is 402 g/mol. The summed E-state index contributed by atoms with van der Waals surface area (Å²) in [6, 6.07) is 11.7. The highest BCUT2D eigenvalue weighted by atomic mass is 16.3. The van der Waals surface area contributed by atoms with Crippen LogP contribution in [0.1, 0.15) is 32.8 Å². The second-order valence-electron chi connectivity index (χ2n) is 7.32. The number of hydrogen-bond donors (Lipinski definition) is 0. The lowest BCUT2D eigenvalue weighted by atomic mass is 10.1. The Morgan fingerprint density at radius 3 is 2.67 bits per heavy atom. The molecule has 3 heterocycles. The zero-order valence-corrected chi connectivity index (χ0v) is 17.1. The number of fused-ring (bicyclic) bond motifs is 1. The van der Waals surface area contributed by atoms with Gasteiger partial charge in [0.05, 0.1) is 5.56 Å². The van der Waals surface area contributed by atoms with Crippen molar-refractivity contribution >= 4 is 17.0 Å². The van der Waals surface area contributed by atoms with Crippen LogP contribution in [-0.4, -0.2) is 25.3 Å². The van der Waals surface area contributed by atoms with Gasteiger partial charge in [0.1, 0.15) is 17.5 Å². The Morgan fingerprint density at radius 2 is 1.93 bits per heavy atom. The highest BCUT2D eigenvalue weighted by molar-refractivity contribution is 6.06. The molecular weight excluding hydrogens is 380 g/mol. The predicted molar refractivity (Wildman–Crippen MR) is 113 cm³/mol. The van der Waals surface area contributed by atoms with Gasteiger partial charge in [-0.15, -0.1) is 0 Å². The Hall–Kier alpha value is -3.74. The first-order valence-electron chi connectivity index (χ1n) is 9.63. The van der Waals surface area contributed by atoms with Crippen molar-refractivity contribution in [2.45, 2.75) is 26.9 Å². The molecule has 1 amide bonds. The molecule has 152 valence electrons. The molecule has 1 aromatic carbocycles. The minimum Gasteiger partial charge on any atom is -0.442 e. The fourth-order valence-electron chi connectivity index (χ4n) is 3.51. The van der Waals surface area contributed by atoms with Crippen molar-refractivity contribution < 1.29 is 9.21 Å². The molecule has 4 aromatic rings. The Balaban J connectivity index is 1.81. The Labute approximate surface area is 173 Å². The summed E-state index contributed by atoms with van der Waals surface area (Å²) in [5.74, 6) is 0.107. The van der Waals surface area contributed by atoms with E-state index in [0.717, 1.165) is 16.7 Å². The molecule has 0 aliphatic rings. The molecule has 0 aliphatic heterocycles. The highest BCUT2D eigenvalue weighted by Gasteiger charge is 2.27. The Bertz CT molecular complexity index is 1270. The lowest BCUT2D eigenvalue weighted by Crippen LogP contribution is -2.32. The number of nitrogens with zero attached hydrogens (tertiary/aromatic N) is 4. The lowest BCUT2D eigenvalue weighted by molar-refractivity contribution is 0.0729. The van der Waals surface area contributed by atoms with Gasteiger partial charge >= 0.3 is 0 Å². The molecule has 7 nitrogen and oxygen atoms in total. The van der Waals surface area contributed by atoms with Gasteiger partial charge in [0, 0.05) is 32.5 Å². The number of carbonyl (C=O) groups excluding carboxylic acids is 1. The molecule has 0 bridgehead atoms. The van der Waals surface area contributed by atoms with Crippen molar-refractivity contribution in [3.05, 3.63) is 93.5 Å². The van der Waals surface area contributed by atoms with Gasteiger partial charge in [-0.1, -0.05) is 30.3 Å². The van der Waals surface area contributed by atoms with E-state index >= 15 is 0 Å². The summed E-state index contributed by atoms with van der Waals surface area (Å²) in [6.07, 6.45) is 4.82. The maximum absolute atomic E-state index is 13.7. The van der Waals surface area contributed by atoms with Crippen molar-refractivity contribution in [3.63, 3.8) is 0 Å². The number of hydrogen-bond acceptors (Lipinski definition) is 5. The number of rotatable bonds is 5. The van der Waals surface area contributed by atoms with Crippen molar-refractivity contribution in [2.75, 3.05) is 0 Å². The molecule has 0 unspecified atom stereocenters. The number of aromatic nitrogens is 3. The summed E-state index contributed by atoms with van der Waals surface area (Å²) in [7, 11) is 1.60. The van der Waals surface area contributed by atoms with Gasteiger partial charge in [0.25, 0.3) is 11.5 Å². The average Bonchev–Trinajstić information content (AvgIpc) is 3.08. The summed E-state index contributed by atoms with van der Waals surface area (Å²) in [4.78, 5) is 36.5.